The van der Waals surface area contributed by atoms with E-state index in [4.69, 9.17) is 0 Å². The normalized spacial score (nSPS) is 17.2. The molecule has 1 fully saturated rings. The van der Waals surface area contributed by atoms with Gasteiger partial charge in [0, 0.05) is 18.8 Å². The van der Waals surface area contributed by atoms with E-state index >= 15 is 0 Å². The average molecular weight is 219 g/mol. The minimum Gasteiger partial charge on any atom is -0.391 e. The van der Waals surface area contributed by atoms with Crippen LogP contribution in [0.5, 0.6) is 0 Å². The number of aliphatic hydroxyl groups is 1. The molecule has 1 aliphatic carbocycles. The molecule has 0 aromatic heterocycles. The lowest BCUT2D eigenvalue weighted by molar-refractivity contribution is 0.157. The van der Waals surface area contributed by atoms with Crippen LogP contribution in [0.15, 0.2) is 24.3 Å². The van der Waals surface area contributed by atoms with E-state index in [-0.39, 0.29) is 6.10 Å². The molecule has 2 heteroatoms. The Balaban J connectivity index is 2.06. The van der Waals surface area contributed by atoms with Gasteiger partial charge in [0.25, 0.3) is 0 Å². The fourth-order valence-corrected chi connectivity index (χ4v) is 2.17. The Morgan fingerprint density at radius 3 is 2.62 bits per heavy atom. The number of hydrogen-bond donors (Lipinski definition) is 1. The van der Waals surface area contributed by atoms with Gasteiger partial charge >= 0.3 is 0 Å². The first-order valence-corrected chi connectivity index (χ1v) is 6.21. The number of benzene rings is 1. The van der Waals surface area contributed by atoms with Crippen molar-refractivity contribution < 1.29 is 5.11 Å². The number of anilines is 1. The quantitative estimate of drug-likeness (QED) is 0.823. The Kier molecular flexibility index (Phi) is 3.49. The Morgan fingerprint density at radius 1 is 1.38 bits per heavy atom. The van der Waals surface area contributed by atoms with Crippen LogP contribution >= 0.6 is 0 Å². The molecule has 1 atom stereocenters. The molecule has 1 aromatic carbocycles. The Hall–Kier alpha value is -1.02. The van der Waals surface area contributed by atoms with E-state index in [1.54, 1.807) is 0 Å². The molecular weight excluding hydrogens is 198 g/mol. The number of aryl methyl sites for hydroxylation is 1. The fourth-order valence-electron chi connectivity index (χ4n) is 2.17. The number of likely N-dealkylation sites (N-methyl/N-ethyl adjacent to an activating group) is 1. The van der Waals surface area contributed by atoms with Gasteiger partial charge in [-0.15, -0.1) is 0 Å². The predicted molar refractivity (Wildman–Crippen MR) is 67.8 cm³/mol. The van der Waals surface area contributed by atoms with Crippen LogP contribution in [0.2, 0.25) is 0 Å². The zero-order valence-electron chi connectivity index (χ0n) is 10.2. The minimum atomic E-state index is -0.153. The summed E-state index contributed by atoms with van der Waals surface area (Å²) in [5.41, 5.74) is 2.54. The highest BCUT2D eigenvalue weighted by atomic mass is 16.3. The third-order valence-corrected chi connectivity index (χ3v) is 3.41. The molecule has 0 aliphatic heterocycles. The molecule has 1 unspecified atom stereocenters. The maximum absolute atomic E-state index is 10.0. The average Bonchev–Trinajstić information content (AvgIpc) is 3.10. The van der Waals surface area contributed by atoms with Crippen molar-refractivity contribution in [2.24, 2.45) is 5.92 Å². The molecule has 0 amide bonds. The van der Waals surface area contributed by atoms with Crippen LogP contribution in [0.4, 0.5) is 5.69 Å². The maximum atomic E-state index is 10.0. The van der Waals surface area contributed by atoms with Gasteiger partial charge in [-0.05, 0) is 44.2 Å². The van der Waals surface area contributed by atoms with Crippen molar-refractivity contribution in [1.82, 2.24) is 0 Å². The van der Waals surface area contributed by atoms with E-state index in [9.17, 15) is 5.11 Å². The number of hydrogen-bond acceptors (Lipinski definition) is 2. The standard InChI is InChI=1S/C14H21NO/c1-3-15(10-14(16)12-8-9-12)13-7-5-4-6-11(13)2/h4-7,12,14,16H,3,8-10H2,1-2H3. The lowest BCUT2D eigenvalue weighted by Gasteiger charge is -2.27. The van der Waals surface area contributed by atoms with Gasteiger partial charge in [-0.3, -0.25) is 0 Å². The molecule has 0 spiro atoms. The molecular formula is C14H21NO. The third-order valence-electron chi connectivity index (χ3n) is 3.41. The second kappa shape index (κ2) is 4.88. The summed E-state index contributed by atoms with van der Waals surface area (Å²) in [4.78, 5) is 2.28. The zero-order valence-corrected chi connectivity index (χ0v) is 10.2. The highest BCUT2D eigenvalue weighted by Gasteiger charge is 2.30. The van der Waals surface area contributed by atoms with Crippen LogP contribution in [0.1, 0.15) is 25.3 Å². The van der Waals surface area contributed by atoms with Crippen molar-refractivity contribution in [2.75, 3.05) is 18.0 Å². The van der Waals surface area contributed by atoms with Gasteiger partial charge in [0.2, 0.25) is 0 Å². The molecule has 16 heavy (non-hydrogen) atoms. The number of aliphatic hydroxyl groups excluding tert-OH is 1. The fraction of sp³-hybridized carbons (Fsp3) is 0.571. The van der Waals surface area contributed by atoms with Gasteiger partial charge in [0.1, 0.15) is 0 Å². The van der Waals surface area contributed by atoms with Crippen molar-refractivity contribution in [2.45, 2.75) is 32.8 Å². The Labute approximate surface area is 97.9 Å². The zero-order chi connectivity index (χ0) is 11.5. The van der Waals surface area contributed by atoms with Crippen molar-refractivity contribution in [3.05, 3.63) is 29.8 Å². The van der Waals surface area contributed by atoms with E-state index in [0.717, 1.165) is 13.1 Å². The molecule has 88 valence electrons. The van der Waals surface area contributed by atoms with Crippen LogP contribution in [-0.4, -0.2) is 24.3 Å². The minimum absolute atomic E-state index is 0.153. The molecule has 2 rings (SSSR count). The number of nitrogens with zero attached hydrogens (tertiary/aromatic N) is 1. The molecule has 1 aliphatic rings. The molecule has 1 saturated carbocycles. The van der Waals surface area contributed by atoms with Gasteiger partial charge in [0.15, 0.2) is 0 Å². The van der Waals surface area contributed by atoms with E-state index in [2.05, 4.69) is 43.0 Å². The highest BCUT2D eigenvalue weighted by Crippen LogP contribution is 2.33. The van der Waals surface area contributed by atoms with Crippen LogP contribution < -0.4 is 4.90 Å². The summed E-state index contributed by atoms with van der Waals surface area (Å²) in [6.45, 7) is 5.99. The summed E-state index contributed by atoms with van der Waals surface area (Å²) in [7, 11) is 0. The molecule has 0 heterocycles. The lowest BCUT2D eigenvalue weighted by Crippen LogP contribution is -2.33. The van der Waals surface area contributed by atoms with Gasteiger partial charge in [0.05, 0.1) is 6.10 Å². The van der Waals surface area contributed by atoms with Crippen molar-refractivity contribution >= 4 is 5.69 Å². The molecule has 1 aromatic rings. The van der Waals surface area contributed by atoms with Crippen molar-refractivity contribution in [3.8, 4) is 0 Å². The molecule has 0 saturated heterocycles. The van der Waals surface area contributed by atoms with E-state index < -0.39 is 0 Å². The van der Waals surface area contributed by atoms with Crippen molar-refractivity contribution in [1.29, 1.82) is 0 Å². The van der Waals surface area contributed by atoms with Gasteiger partial charge in [-0.25, -0.2) is 0 Å². The maximum Gasteiger partial charge on any atom is 0.0743 e. The van der Waals surface area contributed by atoms with Crippen LogP contribution in [0.3, 0.4) is 0 Å². The van der Waals surface area contributed by atoms with E-state index in [1.165, 1.54) is 24.1 Å². The van der Waals surface area contributed by atoms with Crippen LogP contribution in [0, 0.1) is 12.8 Å². The lowest BCUT2D eigenvalue weighted by atomic mass is 10.1. The highest BCUT2D eigenvalue weighted by molar-refractivity contribution is 5.52. The largest absolute Gasteiger partial charge is 0.391 e. The van der Waals surface area contributed by atoms with Gasteiger partial charge in [-0.2, -0.15) is 0 Å². The van der Waals surface area contributed by atoms with E-state index in [1.807, 2.05) is 0 Å². The smallest absolute Gasteiger partial charge is 0.0743 e. The summed E-state index contributed by atoms with van der Waals surface area (Å²) in [6.07, 6.45) is 2.25. The Bertz CT molecular complexity index is 346. The predicted octanol–water partition coefficient (Wildman–Crippen LogP) is 2.59. The second-order valence-electron chi connectivity index (χ2n) is 4.73. The molecule has 0 radical (unpaired) electrons. The van der Waals surface area contributed by atoms with Crippen LogP contribution in [0.25, 0.3) is 0 Å². The number of rotatable bonds is 5. The van der Waals surface area contributed by atoms with Crippen molar-refractivity contribution in [3.63, 3.8) is 0 Å². The second-order valence-corrected chi connectivity index (χ2v) is 4.73. The topological polar surface area (TPSA) is 23.5 Å². The molecule has 2 nitrogen and oxygen atoms in total. The first kappa shape index (κ1) is 11.5. The van der Waals surface area contributed by atoms with Gasteiger partial charge in [-0.1, -0.05) is 18.2 Å². The molecule has 0 bridgehead atoms. The summed E-state index contributed by atoms with van der Waals surface area (Å²) >= 11 is 0. The SMILES string of the molecule is CCN(CC(O)C1CC1)c1ccccc1C. The monoisotopic (exact) mass is 219 g/mol. The summed E-state index contributed by atoms with van der Waals surface area (Å²) in [5, 5.41) is 10.0. The third kappa shape index (κ3) is 2.56. The summed E-state index contributed by atoms with van der Waals surface area (Å²) < 4.78 is 0. The van der Waals surface area contributed by atoms with E-state index in [0.29, 0.717) is 5.92 Å². The summed E-state index contributed by atoms with van der Waals surface area (Å²) in [5.74, 6) is 0.554. The molecule has 1 N–H and O–H groups in total. The first-order chi connectivity index (χ1) is 7.72. The van der Waals surface area contributed by atoms with Crippen LogP contribution in [-0.2, 0) is 0 Å². The first-order valence-electron chi connectivity index (χ1n) is 6.21. The Morgan fingerprint density at radius 2 is 2.06 bits per heavy atom. The number of para-hydroxylation sites is 1. The van der Waals surface area contributed by atoms with Gasteiger partial charge < -0.3 is 10.0 Å². The summed E-state index contributed by atoms with van der Waals surface area (Å²) in [6, 6.07) is 8.39.